The molecular formula is C12H15NO5. The number of amides is 1. The number of carbonyl (C=O) groups is 1. The highest BCUT2D eigenvalue weighted by Crippen LogP contribution is 2.28. The lowest BCUT2D eigenvalue weighted by atomic mass is 10.2. The van der Waals surface area contributed by atoms with E-state index >= 15 is 0 Å². The highest BCUT2D eigenvalue weighted by atomic mass is 16.6. The van der Waals surface area contributed by atoms with Crippen LogP contribution in [0.15, 0.2) is 18.2 Å². The fourth-order valence-corrected chi connectivity index (χ4v) is 1.64. The number of rotatable bonds is 5. The van der Waals surface area contributed by atoms with E-state index in [0.717, 1.165) is 5.56 Å². The first kappa shape index (κ1) is 12.5. The van der Waals surface area contributed by atoms with Gasteiger partial charge in [-0.05, 0) is 17.7 Å². The second-order valence-electron chi connectivity index (χ2n) is 3.86. The third-order valence-corrected chi connectivity index (χ3v) is 2.58. The maximum atomic E-state index is 10.8. The number of hydrogen-bond acceptors (Lipinski definition) is 5. The molecule has 1 heterocycles. The van der Waals surface area contributed by atoms with Crippen LogP contribution in [0, 0.1) is 0 Å². The Morgan fingerprint density at radius 2 is 2.33 bits per heavy atom. The molecule has 6 heteroatoms. The lowest BCUT2D eigenvalue weighted by molar-refractivity contribution is 0.103. The van der Waals surface area contributed by atoms with Gasteiger partial charge < -0.3 is 24.6 Å². The zero-order valence-electron chi connectivity index (χ0n) is 10.0. The van der Waals surface area contributed by atoms with Crippen LogP contribution in [0.5, 0.6) is 11.5 Å². The Morgan fingerprint density at radius 1 is 1.50 bits per heavy atom. The number of alkyl carbamates (subject to hydrolysis) is 1. The molecule has 1 fully saturated rings. The van der Waals surface area contributed by atoms with Crippen LogP contribution in [0.2, 0.25) is 0 Å². The number of aliphatic hydroxyl groups excluding tert-OH is 1. The molecule has 98 valence electrons. The maximum Gasteiger partial charge on any atom is 0.407 e. The van der Waals surface area contributed by atoms with E-state index in [-0.39, 0.29) is 19.3 Å². The summed E-state index contributed by atoms with van der Waals surface area (Å²) in [7, 11) is 1.54. The van der Waals surface area contributed by atoms with Crippen molar-refractivity contribution in [3.8, 4) is 11.5 Å². The quantitative estimate of drug-likeness (QED) is 0.806. The molecule has 1 unspecified atom stereocenters. The van der Waals surface area contributed by atoms with E-state index in [1.807, 2.05) is 0 Å². The molecule has 1 saturated heterocycles. The second-order valence-corrected chi connectivity index (χ2v) is 3.86. The summed E-state index contributed by atoms with van der Waals surface area (Å²) in [5.41, 5.74) is 0.729. The van der Waals surface area contributed by atoms with Crippen molar-refractivity contribution in [2.75, 3.05) is 20.3 Å². The van der Waals surface area contributed by atoms with Crippen molar-refractivity contribution in [3.63, 3.8) is 0 Å². The molecule has 1 aliphatic heterocycles. The van der Waals surface area contributed by atoms with Gasteiger partial charge in [0.05, 0.1) is 20.3 Å². The molecule has 2 N–H and O–H groups in total. The van der Waals surface area contributed by atoms with Crippen LogP contribution in [0.3, 0.4) is 0 Å². The van der Waals surface area contributed by atoms with Crippen molar-refractivity contribution in [1.82, 2.24) is 5.32 Å². The van der Waals surface area contributed by atoms with Gasteiger partial charge in [-0.25, -0.2) is 4.79 Å². The van der Waals surface area contributed by atoms with Gasteiger partial charge in [-0.2, -0.15) is 0 Å². The van der Waals surface area contributed by atoms with Crippen molar-refractivity contribution in [2.24, 2.45) is 0 Å². The van der Waals surface area contributed by atoms with Gasteiger partial charge in [0, 0.05) is 0 Å². The summed E-state index contributed by atoms with van der Waals surface area (Å²) in [4.78, 5) is 10.8. The van der Waals surface area contributed by atoms with Crippen molar-refractivity contribution >= 4 is 6.09 Å². The zero-order valence-corrected chi connectivity index (χ0v) is 10.0. The number of nitrogens with one attached hydrogen (secondary N) is 1. The molecular weight excluding hydrogens is 238 g/mol. The molecule has 0 aromatic heterocycles. The summed E-state index contributed by atoms with van der Waals surface area (Å²) in [6, 6.07) is 5.17. The monoisotopic (exact) mass is 253 g/mol. The standard InChI is InChI=1S/C12H15NO5/c1-16-10-3-2-8(6-14)4-11(10)17-7-9-5-13-12(15)18-9/h2-4,9,14H,5-7H2,1H3,(H,13,15). The van der Waals surface area contributed by atoms with Crippen LogP contribution in [0.4, 0.5) is 4.79 Å². The van der Waals surface area contributed by atoms with Gasteiger partial charge >= 0.3 is 6.09 Å². The van der Waals surface area contributed by atoms with Gasteiger partial charge in [0.15, 0.2) is 17.6 Å². The minimum atomic E-state index is -0.431. The van der Waals surface area contributed by atoms with E-state index in [9.17, 15) is 4.79 Å². The van der Waals surface area contributed by atoms with Gasteiger partial charge in [-0.1, -0.05) is 6.07 Å². The van der Waals surface area contributed by atoms with E-state index in [1.54, 1.807) is 18.2 Å². The molecule has 0 aliphatic carbocycles. The van der Waals surface area contributed by atoms with Gasteiger partial charge in [0.1, 0.15) is 6.61 Å². The Morgan fingerprint density at radius 3 is 2.94 bits per heavy atom. The Hall–Kier alpha value is -1.95. The Balaban J connectivity index is 2.00. The first-order valence-electron chi connectivity index (χ1n) is 5.58. The van der Waals surface area contributed by atoms with E-state index in [4.69, 9.17) is 19.3 Å². The van der Waals surface area contributed by atoms with E-state index in [2.05, 4.69) is 5.32 Å². The van der Waals surface area contributed by atoms with Crippen molar-refractivity contribution < 1.29 is 24.1 Å². The van der Waals surface area contributed by atoms with Crippen LogP contribution in [0.1, 0.15) is 5.56 Å². The smallest absolute Gasteiger partial charge is 0.407 e. The Labute approximate surface area is 104 Å². The number of ether oxygens (including phenoxy) is 3. The lowest BCUT2D eigenvalue weighted by Crippen LogP contribution is -2.22. The van der Waals surface area contributed by atoms with Gasteiger partial charge in [-0.15, -0.1) is 0 Å². The van der Waals surface area contributed by atoms with Crippen LogP contribution in [-0.4, -0.2) is 37.6 Å². The fraction of sp³-hybridized carbons (Fsp3) is 0.417. The second kappa shape index (κ2) is 5.59. The molecule has 0 spiro atoms. The van der Waals surface area contributed by atoms with E-state index < -0.39 is 6.09 Å². The molecule has 2 rings (SSSR count). The van der Waals surface area contributed by atoms with Crippen molar-refractivity contribution in [1.29, 1.82) is 0 Å². The van der Waals surface area contributed by atoms with Crippen molar-refractivity contribution in [3.05, 3.63) is 23.8 Å². The summed E-state index contributed by atoms with van der Waals surface area (Å²) in [5.74, 6) is 1.09. The third kappa shape index (κ3) is 2.84. The molecule has 1 aromatic carbocycles. The lowest BCUT2D eigenvalue weighted by Gasteiger charge is -2.13. The van der Waals surface area contributed by atoms with Crippen LogP contribution in [-0.2, 0) is 11.3 Å². The third-order valence-electron chi connectivity index (χ3n) is 2.58. The van der Waals surface area contributed by atoms with Gasteiger partial charge in [0.25, 0.3) is 0 Å². The highest BCUT2D eigenvalue weighted by molar-refractivity contribution is 5.69. The predicted octanol–water partition coefficient (Wildman–Crippen LogP) is 0.675. The molecule has 18 heavy (non-hydrogen) atoms. The molecule has 0 radical (unpaired) electrons. The minimum Gasteiger partial charge on any atom is -0.493 e. The van der Waals surface area contributed by atoms with E-state index in [1.165, 1.54) is 7.11 Å². The average Bonchev–Trinajstić information content (AvgIpc) is 2.81. The number of benzene rings is 1. The van der Waals surface area contributed by atoms with E-state index in [0.29, 0.717) is 18.0 Å². The highest BCUT2D eigenvalue weighted by Gasteiger charge is 2.23. The van der Waals surface area contributed by atoms with Crippen LogP contribution < -0.4 is 14.8 Å². The maximum absolute atomic E-state index is 10.8. The summed E-state index contributed by atoms with van der Waals surface area (Å²) in [6.07, 6.45) is -0.736. The molecule has 0 saturated carbocycles. The minimum absolute atomic E-state index is 0.0691. The largest absolute Gasteiger partial charge is 0.493 e. The molecule has 1 aliphatic rings. The number of cyclic esters (lactones) is 1. The molecule has 6 nitrogen and oxygen atoms in total. The first-order chi connectivity index (χ1) is 8.72. The zero-order chi connectivity index (χ0) is 13.0. The number of aliphatic hydroxyl groups is 1. The fourth-order valence-electron chi connectivity index (χ4n) is 1.64. The van der Waals surface area contributed by atoms with Gasteiger partial charge in [0.2, 0.25) is 0 Å². The number of carbonyl (C=O) groups excluding carboxylic acids is 1. The Kier molecular flexibility index (Phi) is 3.88. The predicted molar refractivity (Wildman–Crippen MR) is 62.7 cm³/mol. The van der Waals surface area contributed by atoms with Crippen LogP contribution in [0.25, 0.3) is 0 Å². The number of hydrogen-bond donors (Lipinski definition) is 2. The first-order valence-corrected chi connectivity index (χ1v) is 5.58. The molecule has 0 bridgehead atoms. The summed E-state index contributed by atoms with van der Waals surface area (Å²) in [6.45, 7) is 0.602. The summed E-state index contributed by atoms with van der Waals surface area (Å²) in [5, 5.41) is 11.6. The topological polar surface area (TPSA) is 77.0 Å². The van der Waals surface area contributed by atoms with Crippen LogP contribution >= 0.6 is 0 Å². The van der Waals surface area contributed by atoms with Gasteiger partial charge in [-0.3, -0.25) is 0 Å². The summed E-state index contributed by atoms with van der Waals surface area (Å²) < 4.78 is 15.6. The normalized spacial score (nSPS) is 18.1. The molecule has 1 amide bonds. The summed E-state index contributed by atoms with van der Waals surface area (Å²) >= 11 is 0. The molecule has 1 atom stereocenters. The number of methoxy groups -OCH3 is 1. The average molecular weight is 253 g/mol. The SMILES string of the molecule is COc1ccc(CO)cc1OCC1CNC(=O)O1. The molecule has 1 aromatic rings. The van der Waals surface area contributed by atoms with Crippen molar-refractivity contribution in [2.45, 2.75) is 12.7 Å². The Bertz CT molecular complexity index is 434.